The van der Waals surface area contributed by atoms with Gasteiger partial charge in [-0.15, -0.1) is 0 Å². The smallest absolute Gasteiger partial charge is 0.120 e. The van der Waals surface area contributed by atoms with Crippen molar-refractivity contribution in [3.05, 3.63) is 29.8 Å². The molecule has 1 aromatic carbocycles. The average molecular weight is 291 g/mol. The first-order valence-corrected chi connectivity index (χ1v) is 7.28. The van der Waals surface area contributed by atoms with E-state index in [-0.39, 0.29) is 6.61 Å². The molecule has 0 spiro atoms. The van der Waals surface area contributed by atoms with Crippen LogP contribution in [0.3, 0.4) is 0 Å². The minimum atomic E-state index is -0.551. The van der Waals surface area contributed by atoms with Crippen molar-refractivity contribution in [3.63, 3.8) is 0 Å². The lowest BCUT2D eigenvalue weighted by molar-refractivity contribution is 0.106. The number of hydrogen-bond acceptors (Lipinski definition) is 5. The molecule has 0 saturated carbocycles. The van der Waals surface area contributed by atoms with E-state index < -0.39 is 6.10 Å². The number of unbranched alkanes of at least 4 members (excludes halogenated alkanes) is 1. The van der Waals surface area contributed by atoms with Crippen molar-refractivity contribution in [2.75, 3.05) is 40.3 Å². The average Bonchev–Trinajstić information content (AvgIpc) is 2.48. The molecule has 0 aliphatic carbocycles. The van der Waals surface area contributed by atoms with Crippen LogP contribution < -0.4 is 10.1 Å². The van der Waals surface area contributed by atoms with E-state index in [1.807, 2.05) is 0 Å². The predicted molar refractivity (Wildman–Crippen MR) is 83.3 cm³/mol. The molecule has 21 heavy (non-hydrogen) atoms. The van der Waals surface area contributed by atoms with Gasteiger partial charge < -0.3 is 20.1 Å². The number of nitriles is 1. The summed E-state index contributed by atoms with van der Waals surface area (Å²) in [6.07, 6.45) is 1.69. The summed E-state index contributed by atoms with van der Waals surface area (Å²) in [5, 5.41) is 21.8. The summed E-state index contributed by atoms with van der Waals surface area (Å²) in [5.74, 6) is 0.610. The monoisotopic (exact) mass is 291 g/mol. The second-order valence-electron chi connectivity index (χ2n) is 5.32. The molecule has 116 valence electrons. The van der Waals surface area contributed by atoms with Crippen molar-refractivity contribution in [2.24, 2.45) is 0 Å². The molecule has 0 fully saturated rings. The van der Waals surface area contributed by atoms with Crippen LogP contribution in [0, 0.1) is 11.3 Å². The van der Waals surface area contributed by atoms with Crippen LogP contribution in [-0.2, 0) is 0 Å². The molecule has 1 aromatic rings. The highest BCUT2D eigenvalue weighted by molar-refractivity contribution is 5.36. The molecule has 0 saturated heterocycles. The van der Waals surface area contributed by atoms with Gasteiger partial charge in [-0.3, -0.25) is 0 Å². The molecule has 0 aliphatic rings. The van der Waals surface area contributed by atoms with Crippen molar-refractivity contribution >= 4 is 0 Å². The van der Waals surface area contributed by atoms with Gasteiger partial charge in [-0.25, -0.2) is 0 Å². The maximum Gasteiger partial charge on any atom is 0.120 e. The fraction of sp³-hybridized carbons (Fsp3) is 0.562. The Hall–Kier alpha value is -1.61. The minimum Gasteiger partial charge on any atom is -0.491 e. The Labute approximate surface area is 127 Å². The third kappa shape index (κ3) is 8.30. The van der Waals surface area contributed by atoms with Crippen LogP contribution in [0.2, 0.25) is 0 Å². The van der Waals surface area contributed by atoms with Gasteiger partial charge >= 0.3 is 0 Å². The van der Waals surface area contributed by atoms with Gasteiger partial charge in [-0.2, -0.15) is 5.26 Å². The van der Waals surface area contributed by atoms with E-state index >= 15 is 0 Å². The minimum absolute atomic E-state index is 0.222. The number of aliphatic hydroxyl groups is 1. The standard InChI is InChI=1S/C16H25N3O2/c1-19(2)9-4-3-8-18-12-15(20)13-21-16-7-5-6-14(10-16)11-17/h5-7,10,15,18,20H,3-4,8-9,12-13H2,1-2H3. The molecule has 0 aliphatic heterocycles. The van der Waals surface area contributed by atoms with Crippen molar-refractivity contribution in [1.29, 1.82) is 5.26 Å². The molecule has 5 heteroatoms. The molecular formula is C16H25N3O2. The normalized spacial score (nSPS) is 12.1. The molecule has 0 aromatic heterocycles. The van der Waals surface area contributed by atoms with Gasteiger partial charge in [-0.1, -0.05) is 6.07 Å². The molecule has 2 N–H and O–H groups in total. The van der Waals surface area contributed by atoms with Crippen LogP contribution in [0.1, 0.15) is 18.4 Å². The highest BCUT2D eigenvalue weighted by Gasteiger charge is 2.05. The van der Waals surface area contributed by atoms with Crippen LogP contribution in [0.4, 0.5) is 0 Å². The molecule has 1 atom stereocenters. The number of nitrogens with one attached hydrogen (secondary N) is 1. The number of aliphatic hydroxyl groups excluding tert-OH is 1. The summed E-state index contributed by atoms with van der Waals surface area (Å²) in [7, 11) is 4.13. The van der Waals surface area contributed by atoms with Crippen molar-refractivity contribution < 1.29 is 9.84 Å². The van der Waals surface area contributed by atoms with Gasteiger partial charge in [0.25, 0.3) is 0 Å². The number of rotatable bonds is 10. The van der Waals surface area contributed by atoms with E-state index in [1.165, 1.54) is 0 Å². The topological polar surface area (TPSA) is 68.5 Å². The van der Waals surface area contributed by atoms with Crippen molar-refractivity contribution in [1.82, 2.24) is 10.2 Å². The van der Waals surface area contributed by atoms with Crippen LogP contribution in [-0.4, -0.2) is 56.4 Å². The van der Waals surface area contributed by atoms with E-state index in [9.17, 15) is 5.11 Å². The van der Waals surface area contributed by atoms with Crippen LogP contribution in [0.15, 0.2) is 24.3 Å². The lowest BCUT2D eigenvalue weighted by Crippen LogP contribution is -2.32. The molecule has 0 heterocycles. The number of hydrogen-bond donors (Lipinski definition) is 2. The fourth-order valence-electron chi connectivity index (χ4n) is 1.85. The molecule has 0 bridgehead atoms. The fourth-order valence-corrected chi connectivity index (χ4v) is 1.85. The molecular weight excluding hydrogens is 266 g/mol. The van der Waals surface area contributed by atoms with Gasteiger partial charge in [0.15, 0.2) is 0 Å². The zero-order valence-electron chi connectivity index (χ0n) is 12.9. The van der Waals surface area contributed by atoms with E-state index in [2.05, 4.69) is 30.4 Å². The lowest BCUT2D eigenvalue weighted by Gasteiger charge is -2.14. The summed E-state index contributed by atoms with van der Waals surface area (Å²) in [6, 6.07) is 8.99. The van der Waals surface area contributed by atoms with Gasteiger partial charge in [-0.05, 0) is 58.2 Å². The second-order valence-corrected chi connectivity index (χ2v) is 5.32. The highest BCUT2D eigenvalue weighted by Crippen LogP contribution is 2.12. The maximum absolute atomic E-state index is 9.82. The summed E-state index contributed by atoms with van der Waals surface area (Å²) in [5.41, 5.74) is 0.556. The Morgan fingerprint density at radius 2 is 2.19 bits per heavy atom. The SMILES string of the molecule is CN(C)CCCCNCC(O)COc1cccc(C#N)c1. The molecule has 5 nitrogen and oxygen atoms in total. The zero-order chi connectivity index (χ0) is 15.5. The van der Waals surface area contributed by atoms with Crippen LogP contribution >= 0.6 is 0 Å². The van der Waals surface area contributed by atoms with Crippen molar-refractivity contribution in [2.45, 2.75) is 18.9 Å². The molecule has 1 rings (SSSR count). The number of benzene rings is 1. The molecule has 0 radical (unpaired) electrons. The third-order valence-electron chi connectivity index (χ3n) is 2.99. The molecule has 1 unspecified atom stereocenters. The lowest BCUT2D eigenvalue weighted by atomic mass is 10.2. The third-order valence-corrected chi connectivity index (χ3v) is 2.99. The van der Waals surface area contributed by atoms with Crippen molar-refractivity contribution in [3.8, 4) is 11.8 Å². The first-order chi connectivity index (χ1) is 10.1. The van der Waals surface area contributed by atoms with E-state index in [0.29, 0.717) is 17.9 Å². The van der Waals surface area contributed by atoms with E-state index in [0.717, 1.165) is 25.9 Å². The summed E-state index contributed by atoms with van der Waals surface area (Å²) in [6.45, 7) is 2.72. The quantitative estimate of drug-likeness (QED) is 0.635. The highest BCUT2D eigenvalue weighted by atomic mass is 16.5. The van der Waals surface area contributed by atoms with Gasteiger partial charge in [0.2, 0.25) is 0 Å². The summed E-state index contributed by atoms with van der Waals surface area (Å²) >= 11 is 0. The second kappa shape index (κ2) is 10.2. The predicted octanol–water partition coefficient (Wildman–Crippen LogP) is 1.23. The number of ether oxygens (including phenoxy) is 1. The van der Waals surface area contributed by atoms with Gasteiger partial charge in [0.1, 0.15) is 18.5 Å². The Balaban J connectivity index is 2.11. The first kappa shape index (κ1) is 17.4. The van der Waals surface area contributed by atoms with E-state index in [4.69, 9.17) is 10.00 Å². The Kier molecular flexibility index (Phi) is 8.44. The van der Waals surface area contributed by atoms with Crippen LogP contribution in [0.5, 0.6) is 5.75 Å². The maximum atomic E-state index is 9.82. The first-order valence-electron chi connectivity index (χ1n) is 7.28. The molecule has 0 amide bonds. The zero-order valence-corrected chi connectivity index (χ0v) is 12.9. The Bertz CT molecular complexity index is 443. The van der Waals surface area contributed by atoms with Crippen LogP contribution in [0.25, 0.3) is 0 Å². The Morgan fingerprint density at radius 3 is 2.90 bits per heavy atom. The summed E-state index contributed by atoms with van der Waals surface area (Å²) in [4.78, 5) is 2.16. The van der Waals surface area contributed by atoms with Gasteiger partial charge in [0.05, 0.1) is 11.6 Å². The number of nitrogens with zero attached hydrogens (tertiary/aromatic N) is 2. The largest absolute Gasteiger partial charge is 0.491 e. The summed E-state index contributed by atoms with van der Waals surface area (Å²) < 4.78 is 5.47. The Morgan fingerprint density at radius 1 is 1.38 bits per heavy atom. The van der Waals surface area contributed by atoms with E-state index in [1.54, 1.807) is 24.3 Å². The van der Waals surface area contributed by atoms with Gasteiger partial charge in [0, 0.05) is 6.54 Å².